The van der Waals surface area contributed by atoms with Gasteiger partial charge in [-0.1, -0.05) is 23.7 Å². The Balaban J connectivity index is 1.82. The molecule has 0 saturated carbocycles. The van der Waals surface area contributed by atoms with E-state index in [-0.39, 0.29) is 18.2 Å². The van der Waals surface area contributed by atoms with Crippen LogP contribution in [0, 0.1) is 0 Å². The number of rotatable bonds is 6. The molecule has 2 rings (SSSR count). The summed E-state index contributed by atoms with van der Waals surface area (Å²) in [7, 11) is -0.819. The largest absolute Gasteiger partial charge is 0.371 e. The maximum Gasteiger partial charge on any atom is 0.315 e. The van der Waals surface area contributed by atoms with Gasteiger partial charge in [0, 0.05) is 41.0 Å². The molecule has 22 heavy (non-hydrogen) atoms. The number of nitrogens with one attached hydrogen (secondary N) is 2. The Morgan fingerprint density at radius 3 is 2.82 bits per heavy atom. The fraction of sp³-hybridized carbons (Fsp3) is 0.533. The molecular formula is C15H21ClN2O3S. The van der Waals surface area contributed by atoms with E-state index in [2.05, 4.69) is 10.6 Å². The van der Waals surface area contributed by atoms with Crippen molar-refractivity contribution >= 4 is 28.4 Å². The quantitative estimate of drug-likeness (QED) is 0.778. The van der Waals surface area contributed by atoms with E-state index >= 15 is 0 Å². The van der Waals surface area contributed by atoms with E-state index in [1.807, 2.05) is 24.3 Å². The van der Waals surface area contributed by atoms with Crippen molar-refractivity contribution in [2.45, 2.75) is 25.0 Å². The number of carbonyl (C=O) groups excluding carboxylic acids is 1. The minimum atomic E-state index is -0.819. The highest BCUT2D eigenvalue weighted by Gasteiger charge is 2.30. The van der Waals surface area contributed by atoms with Gasteiger partial charge in [0.15, 0.2) is 0 Å². The van der Waals surface area contributed by atoms with E-state index in [0.29, 0.717) is 30.3 Å². The second-order valence-electron chi connectivity index (χ2n) is 5.27. The van der Waals surface area contributed by atoms with Crippen LogP contribution in [0.5, 0.6) is 0 Å². The molecule has 0 spiro atoms. The van der Waals surface area contributed by atoms with Crippen molar-refractivity contribution < 1.29 is 13.7 Å². The molecular weight excluding hydrogens is 324 g/mol. The van der Waals surface area contributed by atoms with Crippen molar-refractivity contribution in [2.75, 3.05) is 25.2 Å². The summed E-state index contributed by atoms with van der Waals surface area (Å²) >= 11 is 5.89. The van der Waals surface area contributed by atoms with E-state index in [0.717, 1.165) is 12.0 Å². The molecule has 0 aromatic heterocycles. The molecule has 0 bridgehead atoms. The van der Waals surface area contributed by atoms with Gasteiger partial charge in [-0.3, -0.25) is 4.21 Å². The SMILES string of the molecule is C[S@@](=O)CCCNC(=O)N[C@H]1CCO[C@@H]1c1ccc(Cl)cc1. The van der Waals surface area contributed by atoms with Crippen LogP contribution in [0.15, 0.2) is 24.3 Å². The zero-order chi connectivity index (χ0) is 15.9. The molecule has 2 N–H and O–H groups in total. The average molecular weight is 345 g/mol. The van der Waals surface area contributed by atoms with E-state index in [1.165, 1.54) is 0 Å². The fourth-order valence-electron chi connectivity index (χ4n) is 2.42. The Bertz CT molecular complexity index is 524. The van der Waals surface area contributed by atoms with Crippen LogP contribution in [-0.4, -0.2) is 41.4 Å². The second kappa shape index (κ2) is 8.50. The lowest BCUT2D eigenvalue weighted by molar-refractivity contribution is 0.0999. The topological polar surface area (TPSA) is 67.4 Å². The Hall–Kier alpha value is -1.11. The molecule has 1 aliphatic heterocycles. The molecule has 0 radical (unpaired) electrons. The molecule has 0 unspecified atom stereocenters. The smallest absolute Gasteiger partial charge is 0.315 e. The number of halogens is 1. The van der Waals surface area contributed by atoms with Gasteiger partial charge in [-0.2, -0.15) is 0 Å². The van der Waals surface area contributed by atoms with Crippen LogP contribution < -0.4 is 10.6 Å². The Morgan fingerprint density at radius 1 is 1.41 bits per heavy atom. The fourth-order valence-corrected chi connectivity index (χ4v) is 3.09. The molecule has 1 heterocycles. The zero-order valence-electron chi connectivity index (χ0n) is 12.5. The van der Waals surface area contributed by atoms with Crippen molar-refractivity contribution in [1.82, 2.24) is 10.6 Å². The standard InChI is InChI=1S/C15H21ClN2O3S/c1-22(20)10-2-8-17-15(19)18-13-7-9-21-14(13)11-3-5-12(16)6-4-11/h3-6,13-14H,2,7-10H2,1H3,(H2,17,18,19)/t13-,14+,22+/m0/s1. The zero-order valence-corrected chi connectivity index (χ0v) is 14.1. The van der Waals surface area contributed by atoms with Crippen molar-refractivity contribution in [2.24, 2.45) is 0 Å². The summed E-state index contributed by atoms with van der Waals surface area (Å²) in [5.41, 5.74) is 1.01. The number of urea groups is 1. The minimum Gasteiger partial charge on any atom is -0.371 e. The monoisotopic (exact) mass is 344 g/mol. The maximum absolute atomic E-state index is 11.9. The molecule has 122 valence electrons. The number of carbonyl (C=O) groups is 1. The van der Waals surface area contributed by atoms with E-state index in [1.54, 1.807) is 6.26 Å². The first-order chi connectivity index (χ1) is 10.6. The highest BCUT2D eigenvalue weighted by atomic mass is 35.5. The second-order valence-corrected chi connectivity index (χ2v) is 7.26. The summed E-state index contributed by atoms with van der Waals surface area (Å²) in [4.78, 5) is 11.9. The lowest BCUT2D eigenvalue weighted by Gasteiger charge is -2.20. The normalized spacial score (nSPS) is 22.3. The summed E-state index contributed by atoms with van der Waals surface area (Å²) in [6, 6.07) is 7.21. The molecule has 1 fully saturated rings. The predicted octanol–water partition coefficient (Wildman–Crippen LogP) is 2.24. The Labute approximate surface area is 138 Å². The third-order valence-corrected chi connectivity index (χ3v) is 4.62. The highest BCUT2D eigenvalue weighted by Crippen LogP contribution is 2.29. The summed E-state index contributed by atoms with van der Waals surface area (Å²) in [5.74, 6) is 0.597. The van der Waals surface area contributed by atoms with Gasteiger partial charge in [0.2, 0.25) is 0 Å². The van der Waals surface area contributed by atoms with Crippen LogP contribution in [0.25, 0.3) is 0 Å². The molecule has 1 aromatic rings. The van der Waals surface area contributed by atoms with Gasteiger partial charge in [-0.15, -0.1) is 0 Å². The molecule has 2 amide bonds. The van der Waals surface area contributed by atoms with Gasteiger partial charge < -0.3 is 15.4 Å². The molecule has 0 aliphatic carbocycles. The van der Waals surface area contributed by atoms with Crippen LogP contribution >= 0.6 is 11.6 Å². The molecule has 3 atom stereocenters. The highest BCUT2D eigenvalue weighted by molar-refractivity contribution is 7.84. The number of hydrogen-bond acceptors (Lipinski definition) is 3. The number of amides is 2. The first kappa shape index (κ1) is 17.2. The Kier molecular flexibility index (Phi) is 6.67. The average Bonchev–Trinajstić information content (AvgIpc) is 2.92. The van der Waals surface area contributed by atoms with Gasteiger partial charge >= 0.3 is 6.03 Å². The third kappa shape index (κ3) is 5.26. The van der Waals surface area contributed by atoms with Crippen molar-refractivity contribution in [3.05, 3.63) is 34.9 Å². The van der Waals surface area contributed by atoms with E-state index in [9.17, 15) is 9.00 Å². The van der Waals surface area contributed by atoms with Gasteiger partial charge in [-0.05, 0) is 30.5 Å². The summed E-state index contributed by atoms with van der Waals surface area (Å²) in [5, 5.41) is 6.41. The Morgan fingerprint density at radius 2 is 2.14 bits per heavy atom. The molecule has 7 heteroatoms. The van der Waals surface area contributed by atoms with Crippen LogP contribution in [0.4, 0.5) is 4.79 Å². The van der Waals surface area contributed by atoms with Gasteiger partial charge in [0.1, 0.15) is 6.10 Å². The number of ether oxygens (including phenoxy) is 1. The predicted molar refractivity (Wildman–Crippen MR) is 88.6 cm³/mol. The van der Waals surface area contributed by atoms with Gasteiger partial charge in [0.05, 0.1) is 6.04 Å². The van der Waals surface area contributed by atoms with Crippen LogP contribution in [0.1, 0.15) is 24.5 Å². The molecule has 1 saturated heterocycles. The van der Waals surface area contributed by atoms with Crippen LogP contribution in [0.2, 0.25) is 5.02 Å². The summed E-state index contributed by atoms with van der Waals surface area (Å²) < 4.78 is 16.7. The lowest BCUT2D eigenvalue weighted by Crippen LogP contribution is -2.43. The minimum absolute atomic E-state index is 0.0542. The first-order valence-corrected chi connectivity index (χ1v) is 9.38. The third-order valence-electron chi connectivity index (χ3n) is 3.50. The number of hydrogen-bond donors (Lipinski definition) is 2. The summed E-state index contributed by atoms with van der Waals surface area (Å²) in [6.45, 7) is 1.14. The van der Waals surface area contributed by atoms with Gasteiger partial charge in [-0.25, -0.2) is 4.79 Å². The number of benzene rings is 1. The van der Waals surface area contributed by atoms with Crippen LogP contribution in [0.3, 0.4) is 0 Å². The molecule has 5 nitrogen and oxygen atoms in total. The summed E-state index contributed by atoms with van der Waals surface area (Å²) in [6.07, 6.45) is 3.00. The van der Waals surface area contributed by atoms with E-state index in [4.69, 9.17) is 16.3 Å². The molecule has 1 aromatic carbocycles. The van der Waals surface area contributed by atoms with Gasteiger partial charge in [0.25, 0.3) is 0 Å². The molecule has 1 aliphatic rings. The van der Waals surface area contributed by atoms with E-state index < -0.39 is 10.8 Å². The van der Waals surface area contributed by atoms with Crippen molar-refractivity contribution in [1.29, 1.82) is 0 Å². The van der Waals surface area contributed by atoms with Crippen molar-refractivity contribution in [3.8, 4) is 0 Å². The van der Waals surface area contributed by atoms with Crippen molar-refractivity contribution in [3.63, 3.8) is 0 Å². The van der Waals surface area contributed by atoms with Crippen LogP contribution in [-0.2, 0) is 15.5 Å². The maximum atomic E-state index is 11.9. The first-order valence-electron chi connectivity index (χ1n) is 7.27. The lowest BCUT2D eigenvalue weighted by atomic mass is 10.0.